The average molecular weight is 274 g/mol. The lowest BCUT2D eigenvalue weighted by molar-refractivity contribution is 0.0456. The number of ether oxygens (including phenoxy) is 1. The van der Waals surface area contributed by atoms with Gasteiger partial charge in [-0.1, -0.05) is 30.3 Å². The van der Waals surface area contributed by atoms with Crippen molar-refractivity contribution in [3.05, 3.63) is 53.9 Å². The molecule has 1 N–H and O–H groups in total. The molecule has 0 radical (unpaired) electrons. The molecule has 5 heteroatoms. The normalized spacial score (nSPS) is 12.1. The van der Waals surface area contributed by atoms with Crippen LogP contribution in [0.1, 0.15) is 29.4 Å². The van der Waals surface area contributed by atoms with Crippen molar-refractivity contribution in [2.45, 2.75) is 32.6 Å². The van der Waals surface area contributed by atoms with Gasteiger partial charge in [-0.3, -0.25) is 4.68 Å². The maximum absolute atomic E-state index is 12.0. The second kappa shape index (κ2) is 6.86. The first-order valence-electron chi connectivity index (χ1n) is 6.57. The minimum atomic E-state index is -0.424. The van der Waals surface area contributed by atoms with E-state index < -0.39 is 12.1 Å². The van der Waals surface area contributed by atoms with E-state index in [1.54, 1.807) is 23.9 Å². The fourth-order valence-corrected chi connectivity index (χ4v) is 1.79. The Morgan fingerprint density at radius 3 is 2.80 bits per heavy atom. The molecule has 1 unspecified atom stereocenters. The molecule has 1 heterocycles. The third kappa shape index (κ3) is 3.93. The summed E-state index contributed by atoms with van der Waals surface area (Å²) in [5, 5.41) is 13.3. The van der Waals surface area contributed by atoms with Crippen LogP contribution in [0.15, 0.2) is 42.6 Å². The van der Waals surface area contributed by atoms with Crippen LogP contribution in [0.5, 0.6) is 0 Å². The highest BCUT2D eigenvalue weighted by molar-refractivity contribution is 5.87. The molecule has 0 saturated carbocycles. The van der Waals surface area contributed by atoms with Crippen molar-refractivity contribution in [2.75, 3.05) is 0 Å². The highest BCUT2D eigenvalue weighted by Gasteiger charge is 2.14. The lowest BCUT2D eigenvalue weighted by Crippen LogP contribution is -2.15. The first-order valence-corrected chi connectivity index (χ1v) is 6.57. The fraction of sp³-hybridized carbons (Fsp3) is 0.333. The highest BCUT2D eigenvalue weighted by Crippen LogP contribution is 2.07. The van der Waals surface area contributed by atoms with Crippen LogP contribution in [0.3, 0.4) is 0 Å². The number of hydrogen-bond donors (Lipinski definition) is 1. The van der Waals surface area contributed by atoms with Crippen molar-refractivity contribution in [1.82, 2.24) is 9.78 Å². The number of aromatic nitrogens is 2. The van der Waals surface area contributed by atoms with Crippen molar-refractivity contribution < 1.29 is 14.6 Å². The summed E-state index contributed by atoms with van der Waals surface area (Å²) in [7, 11) is 0. The topological polar surface area (TPSA) is 64.3 Å². The monoisotopic (exact) mass is 274 g/mol. The molecule has 0 aliphatic rings. The van der Waals surface area contributed by atoms with Crippen LogP contribution in [0.25, 0.3) is 0 Å². The van der Waals surface area contributed by atoms with Gasteiger partial charge in [0.15, 0.2) is 0 Å². The standard InChI is InChI=1S/C15H18N2O3/c1-12(18)8-10-17-14(7-9-16-17)15(19)20-11-13-5-3-2-4-6-13/h2-7,9,12,18H,8,10-11H2,1H3. The van der Waals surface area contributed by atoms with Gasteiger partial charge in [0.2, 0.25) is 0 Å². The van der Waals surface area contributed by atoms with E-state index in [-0.39, 0.29) is 6.61 Å². The molecule has 0 aliphatic carbocycles. The van der Waals surface area contributed by atoms with E-state index in [9.17, 15) is 9.90 Å². The van der Waals surface area contributed by atoms with E-state index in [4.69, 9.17) is 4.74 Å². The number of hydrogen-bond acceptors (Lipinski definition) is 4. The van der Waals surface area contributed by atoms with Crippen molar-refractivity contribution in [3.63, 3.8) is 0 Å². The van der Waals surface area contributed by atoms with E-state index in [2.05, 4.69) is 5.10 Å². The van der Waals surface area contributed by atoms with Crippen molar-refractivity contribution in [2.24, 2.45) is 0 Å². The summed E-state index contributed by atoms with van der Waals surface area (Å²) >= 11 is 0. The molecule has 0 saturated heterocycles. The van der Waals surface area contributed by atoms with Crippen LogP contribution in [0.2, 0.25) is 0 Å². The summed E-state index contributed by atoms with van der Waals surface area (Å²) in [5.41, 5.74) is 1.34. The number of aryl methyl sites for hydroxylation is 1. The molecule has 1 atom stereocenters. The first-order chi connectivity index (χ1) is 9.66. The number of aliphatic hydroxyl groups is 1. The van der Waals surface area contributed by atoms with Gasteiger partial charge < -0.3 is 9.84 Å². The van der Waals surface area contributed by atoms with Gasteiger partial charge in [0.1, 0.15) is 12.3 Å². The van der Waals surface area contributed by atoms with E-state index in [1.807, 2.05) is 30.3 Å². The zero-order valence-corrected chi connectivity index (χ0v) is 11.4. The Morgan fingerprint density at radius 1 is 1.35 bits per heavy atom. The molecule has 0 amide bonds. The number of rotatable bonds is 6. The van der Waals surface area contributed by atoms with E-state index >= 15 is 0 Å². The summed E-state index contributed by atoms with van der Waals surface area (Å²) in [6.07, 6.45) is 1.68. The third-order valence-corrected chi connectivity index (χ3v) is 2.90. The average Bonchev–Trinajstić information content (AvgIpc) is 2.92. The molecule has 0 bridgehead atoms. The number of carbonyl (C=O) groups excluding carboxylic acids is 1. The quantitative estimate of drug-likeness (QED) is 0.818. The molecule has 2 aromatic rings. The number of benzene rings is 1. The van der Waals surface area contributed by atoms with Gasteiger partial charge >= 0.3 is 5.97 Å². The second-order valence-electron chi connectivity index (χ2n) is 4.64. The molecule has 1 aromatic carbocycles. The molecule has 0 spiro atoms. The molecule has 2 rings (SSSR count). The lowest BCUT2D eigenvalue weighted by Gasteiger charge is -2.09. The predicted octanol–water partition coefficient (Wildman–Crippen LogP) is 2.01. The van der Waals surface area contributed by atoms with E-state index in [1.165, 1.54) is 0 Å². The van der Waals surface area contributed by atoms with Crippen LogP contribution >= 0.6 is 0 Å². The van der Waals surface area contributed by atoms with Crippen LogP contribution in [-0.2, 0) is 17.9 Å². The largest absolute Gasteiger partial charge is 0.456 e. The molecule has 106 valence electrons. The van der Waals surface area contributed by atoms with Crippen molar-refractivity contribution >= 4 is 5.97 Å². The van der Waals surface area contributed by atoms with Gasteiger partial charge in [0.25, 0.3) is 0 Å². The first kappa shape index (κ1) is 14.3. The minimum absolute atomic E-state index is 0.237. The summed E-state index contributed by atoms with van der Waals surface area (Å²) in [4.78, 5) is 12.0. The minimum Gasteiger partial charge on any atom is -0.456 e. The highest BCUT2D eigenvalue weighted by atomic mass is 16.5. The number of esters is 1. The van der Waals surface area contributed by atoms with Crippen LogP contribution in [-0.4, -0.2) is 27.0 Å². The van der Waals surface area contributed by atoms with Crippen LogP contribution < -0.4 is 0 Å². The Morgan fingerprint density at radius 2 is 2.10 bits per heavy atom. The fourth-order valence-electron chi connectivity index (χ4n) is 1.79. The molecule has 0 aliphatic heterocycles. The predicted molar refractivity (Wildman–Crippen MR) is 74.1 cm³/mol. The number of nitrogens with zero attached hydrogens (tertiary/aromatic N) is 2. The molecule has 1 aromatic heterocycles. The van der Waals surface area contributed by atoms with Gasteiger partial charge in [-0.05, 0) is 25.0 Å². The summed E-state index contributed by atoms with van der Waals surface area (Å²) in [6, 6.07) is 11.1. The molecular formula is C15H18N2O3. The molecular weight excluding hydrogens is 256 g/mol. The van der Waals surface area contributed by atoms with Gasteiger partial charge in [-0.2, -0.15) is 5.10 Å². The summed E-state index contributed by atoms with van der Waals surface area (Å²) in [5.74, 6) is -0.406. The maximum Gasteiger partial charge on any atom is 0.356 e. The van der Waals surface area contributed by atoms with Crippen LogP contribution in [0, 0.1) is 0 Å². The molecule has 20 heavy (non-hydrogen) atoms. The Hall–Kier alpha value is -2.14. The van der Waals surface area contributed by atoms with Gasteiger partial charge in [0, 0.05) is 12.7 Å². The smallest absolute Gasteiger partial charge is 0.356 e. The number of aliphatic hydroxyl groups excluding tert-OH is 1. The Balaban J connectivity index is 1.94. The number of carbonyl (C=O) groups is 1. The van der Waals surface area contributed by atoms with Crippen molar-refractivity contribution in [1.29, 1.82) is 0 Å². The van der Waals surface area contributed by atoms with Crippen LogP contribution in [0.4, 0.5) is 0 Å². The Bertz CT molecular complexity index is 549. The zero-order chi connectivity index (χ0) is 14.4. The van der Waals surface area contributed by atoms with E-state index in [0.717, 1.165) is 5.56 Å². The SMILES string of the molecule is CC(O)CCn1nccc1C(=O)OCc1ccccc1. The third-order valence-electron chi connectivity index (χ3n) is 2.90. The maximum atomic E-state index is 12.0. The van der Waals surface area contributed by atoms with Gasteiger partial charge in [0.05, 0.1) is 6.10 Å². The Kier molecular flexibility index (Phi) is 4.90. The van der Waals surface area contributed by atoms with Crippen molar-refractivity contribution in [3.8, 4) is 0 Å². The molecule has 5 nitrogen and oxygen atoms in total. The lowest BCUT2D eigenvalue weighted by atomic mass is 10.2. The summed E-state index contributed by atoms with van der Waals surface area (Å²) in [6.45, 7) is 2.43. The second-order valence-corrected chi connectivity index (χ2v) is 4.64. The Labute approximate surface area is 117 Å². The summed E-state index contributed by atoms with van der Waals surface area (Å²) < 4.78 is 6.81. The van der Waals surface area contributed by atoms with Gasteiger partial charge in [-0.25, -0.2) is 4.79 Å². The van der Waals surface area contributed by atoms with Gasteiger partial charge in [-0.15, -0.1) is 0 Å². The zero-order valence-electron chi connectivity index (χ0n) is 11.4. The van der Waals surface area contributed by atoms with E-state index in [0.29, 0.717) is 18.7 Å². The molecule has 0 fully saturated rings.